The third kappa shape index (κ3) is 5.35. The highest BCUT2D eigenvalue weighted by Gasteiger charge is 2.53. The predicted octanol–water partition coefficient (Wildman–Crippen LogP) is 12.3. The van der Waals surface area contributed by atoms with Crippen LogP contribution in [0.1, 0.15) is 129 Å². The normalized spacial score (nSPS) is 16.1. The standard InChI is InChI=1S/C56H56BNS/c1-33-27-46-50-48(28-33)58(43-23-19-38(20-24-43)53(2,3)4)51-44-31-39(54(5,6)7)22-26-49(44)59-52(51)57(50)47-32-40(55(8,9)10)21-25-45(47)56(46,41-17-15-34-11-13-36(34)29-41)42-18-16-35-12-14-37(35)30-42/h15-32H,11-14H2,1-10H3. The van der Waals surface area contributed by atoms with Crippen molar-refractivity contribution in [2.75, 3.05) is 4.90 Å². The molecule has 3 heteroatoms. The molecule has 0 radical (unpaired) electrons. The van der Waals surface area contributed by atoms with Gasteiger partial charge in [-0.2, -0.15) is 0 Å². The van der Waals surface area contributed by atoms with Crippen LogP contribution < -0.4 is 20.6 Å². The van der Waals surface area contributed by atoms with Crippen LogP contribution >= 0.6 is 11.3 Å². The second-order valence-electron chi connectivity index (χ2n) is 21.4. The highest BCUT2D eigenvalue weighted by atomic mass is 32.1. The van der Waals surface area contributed by atoms with Crippen LogP contribution in [-0.2, 0) is 47.3 Å². The Hall–Kier alpha value is -4.86. The highest BCUT2D eigenvalue weighted by Crippen LogP contribution is 2.53. The average Bonchev–Trinajstić information content (AvgIpc) is 3.53. The fourth-order valence-electron chi connectivity index (χ4n) is 10.9. The minimum atomic E-state index is -0.483. The Kier molecular flexibility index (Phi) is 7.78. The molecule has 7 aromatic rings. The molecule has 1 aromatic heterocycles. The van der Waals surface area contributed by atoms with Crippen LogP contribution in [0.3, 0.4) is 0 Å². The second-order valence-corrected chi connectivity index (χ2v) is 22.4. The quantitative estimate of drug-likeness (QED) is 0.161. The lowest BCUT2D eigenvalue weighted by molar-refractivity contribution is 0.589. The van der Waals surface area contributed by atoms with Crippen molar-refractivity contribution < 1.29 is 0 Å². The molecule has 0 saturated carbocycles. The molecule has 1 nitrogen and oxygen atoms in total. The molecule has 0 unspecified atom stereocenters. The Labute approximate surface area is 356 Å². The Morgan fingerprint density at radius 2 is 1.10 bits per heavy atom. The van der Waals surface area contributed by atoms with E-state index in [4.69, 9.17) is 0 Å². The van der Waals surface area contributed by atoms with E-state index in [1.54, 1.807) is 0 Å². The fraction of sp³-hybridized carbons (Fsp3) is 0.321. The topological polar surface area (TPSA) is 3.24 Å². The number of fused-ring (bicyclic) bond motifs is 8. The molecule has 0 fully saturated rings. The van der Waals surface area contributed by atoms with Crippen LogP contribution in [0.2, 0.25) is 0 Å². The van der Waals surface area contributed by atoms with Gasteiger partial charge in [0.2, 0.25) is 0 Å². The monoisotopic (exact) mass is 785 g/mol. The maximum Gasteiger partial charge on any atom is 0.260 e. The van der Waals surface area contributed by atoms with Crippen LogP contribution in [0.25, 0.3) is 10.1 Å². The molecule has 11 rings (SSSR count). The number of nitrogens with zero attached hydrogens (tertiary/aromatic N) is 1. The summed E-state index contributed by atoms with van der Waals surface area (Å²) in [6, 6.07) is 44.7. The zero-order valence-corrected chi connectivity index (χ0v) is 37.5. The first-order valence-corrected chi connectivity index (χ1v) is 22.9. The van der Waals surface area contributed by atoms with Gasteiger partial charge in [-0.15, -0.1) is 11.3 Å². The van der Waals surface area contributed by atoms with Gasteiger partial charge in [0.1, 0.15) is 0 Å². The summed E-state index contributed by atoms with van der Waals surface area (Å²) in [7, 11) is 0. The predicted molar refractivity (Wildman–Crippen MR) is 255 cm³/mol. The molecule has 0 saturated heterocycles. The van der Waals surface area contributed by atoms with Crippen molar-refractivity contribution in [3.8, 4) is 0 Å². The summed E-state index contributed by atoms with van der Waals surface area (Å²) < 4.78 is 2.82. The highest BCUT2D eigenvalue weighted by molar-refractivity contribution is 7.33. The molecule has 0 atom stereocenters. The summed E-state index contributed by atoms with van der Waals surface area (Å²) in [5, 5.41) is 1.36. The summed E-state index contributed by atoms with van der Waals surface area (Å²) in [4.78, 5) is 2.67. The maximum absolute atomic E-state index is 2.67. The third-order valence-corrected chi connectivity index (χ3v) is 15.7. The number of hydrogen-bond acceptors (Lipinski definition) is 2. The molecule has 294 valence electrons. The largest absolute Gasteiger partial charge is 0.310 e. The van der Waals surface area contributed by atoms with E-state index in [0.717, 1.165) is 12.8 Å². The number of benzene rings is 6. The second kappa shape index (κ2) is 12.4. The first-order valence-electron chi connectivity index (χ1n) is 22.0. The molecule has 3 heterocycles. The van der Waals surface area contributed by atoms with Crippen molar-refractivity contribution in [2.24, 2.45) is 0 Å². The molecule has 4 aliphatic rings. The summed E-state index contributed by atoms with van der Waals surface area (Å²) in [5.41, 5.74) is 23.7. The number of rotatable bonds is 3. The van der Waals surface area contributed by atoms with E-state index in [9.17, 15) is 0 Å². The lowest BCUT2D eigenvalue weighted by Crippen LogP contribution is -2.64. The minimum Gasteiger partial charge on any atom is -0.310 e. The molecule has 0 amide bonds. The van der Waals surface area contributed by atoms with Crippen molar-refractivity contribution >= 4 is 60.9 Å². The summed E-state index contributed by atoms with van der Waals surface area (Å²) in [6.07, 6.45) is 4.69. The van der Waals surface area contributed by atoms with Gasteiger partial charge in [-0.3, -0.25) is 0 Å². The number of aryl methyl sites for hydroxylation is 5. The van der Waals surface area contributed by atoms with Crippen molar-refractivity contribution in [1.82, 2.24) is 0 Å². The summed E-state index contributed by atoms with van der Waals surface area (Å²) in [5.74, 6) is 0. The molecule has 6 aromatic carbocycles. The number of anilines is 3. The third-order valence-electron chi connectivity index (χ3n) is 14.5. The molecular formula is C56H56BNS. The van der Waals surface area contributed by atoms with Gasteiger partial charge >= 0.3 is 0 Å². The van der Waals surface area contributed by atoms with Crippen LogP contribution in [0.4, 0.5) is 17.1 Å². The van der Waals surface area contributed by atoms with E-state index in [1.807, 2.05) is 11.3 Å². The summed E-state index contributed by atoms with van der Waals surface area (Å²) in [6.45, 7) is 23.6. The van der Waals surface area contributed by atoms with E-state index >= 15 is 0 Å². The first kappa shape index (κ1) is 37.2. The van der Waals surface area contributed by atoms with Crippen LogP contribution in [0.5, 0.6) is 0 Å². The van der Waals surface area contributed by atoms with Crippen LogP contribution in [-0.4, -0.2) is 6.71 Å². The van der Waals surface area contributed by atoms with E-state index < -0.39 is 5.41 Å². The van der Waals surface area contributed by atoms with E-state index in [-0.39, 0.29) is 23.0 Å². The van der Waals surface area contributed by atoms with Gasteiger partial charge in [-0.25, -0.2) is 0 Å². The average molecular weight is 786 g/mol. The van der Waals surface area contributed by atoms with E-state index in [2.05, 4.69) is 183 Å². The van der Waals surface area contributed by atoms with E-state index in [0.29, 0.717) is 0 Å². The Morgan fingerprint density at radius 1 is 0.542 bits per heavy atom. The molecule has 0 spiro atoms. The maximum atomic E-state index is 2.67. The number of thiophene rings is 1. The molecule has 2 aliphatic heterocycles. The van der Waals surface area contributed by atoms with E-state index in [1.165, 1.54) is 122 Å². The van der Waals surface area contributed by atoms with Crippen molar-refractivity contribution in [1.29, 1.82) is 0 Å². The molecule has 0 bridgehead atoms. The fourth-order valence-corrected chi connectivity index (χ4v) is 12.2. The zero-order valence-electron chi connectivity index (χ0n) is 36.7. The molecule has 2 aliphatic carbocycles. The Morgan fingerprint density at radius 3 is 1.66 bits per heavy atom. The first-order chi connectivity index (χ1) is 28.0. The number of hydrogen-bond donors (Lipinski definition) is 0. The van der Waals surface area contributed by atoms with Gasteiger partial charge in [0, 0.05) is 26.2 Å². The minimum absolute atomic E-state index is 0.000512. The van der Waals surface area contributed by atoms with Crippen molar-refractivity contribution in [3.63, 3.8) is 0 Å². The SMILES string of the molecule is Cc1cc2c3c(c1)C(c1ccc4c(c1)CC4)(c1ccc4c(c1)CC4)c1ccc(C(C)(C)C)cc1B3c1sc3ccc(C(C)(C)C)cc3c1N2c1ccc(C(C)(C)C)cc1. The Bertz CT molecular complexity index is 2850. The van der Waals surface area contributed by atoms with Gasteiger partial charge in [0.15, 0.2) is 0 Å². The van der Waals surface area contributed by atoms with Gasteiger partial charge in [-0.05, 0) is 151 Å². The van der Waals surface area contributed by atoms with Crippen LogP contribution in [0, 0.1) is 6.92 Å². The van der Waals surface area contributed by atoms with Gasteiger partial charge < -0.3 is 4.90 Å². The van der Waals surface area contributed by atoms with Gasteiger partial charge in [-0.1, -0.05) is 147 Å². The lowest BCUT2D eigenvalue weighted by atomic mass is 9.31. The zero-order chi connectivity index (χ0) is 41.0. The lowest BCUT2D eigenvalue weighted by Gasteiger charge is -2.49. The van der Waals surface area contributed by atoms with Crippen LogP contribution in [0.15, 0.2) is 109 Å². The van der Waals surface area contributed by atoms with Gasteiger partial charge in [0.25, 0.3) is 6.71 Å². The van der Waals surface area contributed by atoms with Crippen molar-refractivity contribution in [2.45, 2.75) is 117 Å². The molecule has 59 heavy (non-hydrogen) atoms. The van der Waals surface area contributed by atoms with Crippen molar-refractivity contribution in [3.05, 3.63) is 176 Å². The smallest absolute Gasteiger partial charge is 0.260 e. The Balaban J connectivity index is 1.31. The molecule has 0 N–H and O–H groups in total. The van der Waals surface area contributed by atoms with Gasteiger partial charge in [0.05, 0.1) is 11.1 Å². The molecular weight excluding hydrogens is 730 g/mol. The summed E-state index contributed by atoms with van der Waals surface area (Å²) >= 11 is 2.02.